The molecule has 0 amide bonds. The quantitative estimate of drug-likeness (QED) is 0.287. The fourth-order valence-electron chi connectivity index (χ4n) is 5.11. The highest BCUT2D eigenvalue weighted by Crippen LogP contribution is 2.35. The van der Waals surface area contributed by atoms with Gasteiger partial charge in [0.2, 0.25) is 0 Å². The van der Waals surface area contributed by atoms with Crippen molar-refractivity contribution in [3.05, 3.63) is 65.6 Å². The fourth-order valence-corrected chi connectivity index (χ4v) is 5.88. The van der Waals surface area contributed by atoms with E-state index in [1.54, 1.807) is 30.7 Å². The van der Waals surface area contributed by atoms with Crippen molar-refractivity contribution >= 4 is 33.4 Å². The number of hydrogen-bond acceptors (Lipinski definition) is 7. The molecular weight excluding hydrogens is 506 g/mol. The van der Waals surface area contributed by atoms with Crippen LogP contribution in [0.2, 0.25) is 0 Å². The number of pyridine rings is 3. The van der Waals surface area contributed by atoms with Crippen LogP contribution in [0.25, 0.3) is 55.3 Å². The van der Waals surface area contributed by atoms with E-state index < -0.39 is 5.82 Å². The Hall–Kier alpha value is -4.09. The highest BCUT2D eigenvalue weighted by Gasteiger charge is 2.22. The monoisotopic (exact) mass is 528 g/mol. The molecule has 0 saturated carbocycles. The van der Waals surface area contributed by atoms with Gasteiger partial charge < -0.3 is 4.98 Å². The molecule has 0 aromatic carbocycles. The number of thiophene rings is 1. The first-order chi connectivity index (χ1) is 18.6. The second-order valence-corrected chi connectivity index (χ2v) is 10.5. The average Bonchev–Trinajstić information content (AvgIpc) is 3.67. The van der Waals surface area contributed by atoms with E-state index in [4.69, 9.17) is 0 Å². The molecule has 0 bridgehead atoms. The summed E-state index contributed by atoms with van der Waals surface area (Å²) in [6.07, 6.45) is 10.3. The Morgan fingerprint density at radius 1 is 0.974 bits per heavy atom. The Bertz CT molecular complexity index is 1780. The molecule has 190 valence electrons. The Kier molecular flexibility index (Phi) is 5.67. The Morgan fingerprint density at radius 3 is 2.71 bits per heavy atom. The van der Waals surface area contributed by atoms with E-state index in [1.807, 2.05) is 12.3 Å². The molecule has 1 aliphatic rings. The molecule has 11 heteroatoms. The summed E-state index contributed by atoms with van der Waals surface area (Å²) >= 11 is 1.04. The lowest BCUT2D eigenvalue weighted by Gasteiger charge is -2.26. The molecule has 38 heavy (non-hydrogen) atoms. The van der Waals surface area contributed by atoms with Gasteiger partial charge in [-0.1, -0.05) is 6.42 Å². The lowest BCUT2D eigenvalue weighted by molar-refractivity contribution is 0.220. The molecule has 2 N–H and O–H groups in total. The Labute approximate surface area is 219 Å². The van der Waals surface area contributed by atoms with E-state index in [2.05, 4.69) is 40.0 Å². The van der Waals surface area contributed by atoms with Crippen molar-refractivity contribution in [1.82, 2.24) is 40.0 Å². The average molecular weight is 529 g/mol. The zero-order valence-electron chi connectivity index (χ0n) is 20.2. The fraction of sp³-hybridized carbons (Fsp3) is 0.222. The van der Waals surface area contributed by atoms with Gasteiger partial charge in [-0.3, -0.25) is 20.0 Å². The Balaban J connectivity index is 1.29. The molecule has 1 saturated heterocycles. The molecule has 7 heterocycles. The number of hydrogen-bond donors (Lipinski definition) is 2. The van der Waals surface area contributed by atoms with Gasteiger partial charge in [0.25, 0.3) is 0 Å². The minimum absolute atomic E-state index is 0.206. The highest BCUT2D eigenvalue weighted by atomic mass is 32.1. The van der Waals surface area contributed by atoms with Gasteiger partial charge in [0.05, 0.1) is 22.6 Å². The number of halogens is 2. The first kappa shape index (κ1) is 23.1. The predicted octanol–water partition coefficient (Wildman–Crippen LogP) is 5.95. The van der Waals surface area contributed by atoms with Crippen molar-refractivity contribution in [2.45, 2.75) is 25.8 Å². The number of aromatic amines is 2. The van der Waals surface area contributed by atoms with Crippen molar-refractivity contribution in [2.24, 2.45) is 0 Å². The number of imidazole rings is 1. The zero-order valence-corrected chi connectivity index (χ0v) is 21.0. The summed E-state index contributed by atoms with van der Waals surface area (Å²) in [5, 5.41) is 7.21. The summed E-state index contributed by atoms with van der Waals surface area (Å²) in [4.78, 5) is 24.1. The number of rotatable bonds is 5. The lowest BCUT2D eigenvalue weighted by atomic mass is 10.1. The van der Waals surface area contributed by atoms with E-state index >= 15 is 4.39 Å². The van der Waals surface area contributed by atoms with Crippen LogP contribution < -0.4 is 0 Å². The van der Waals surface area contributed by atoms with E-state index in [9.17, 15) is 4.39 Å². The van der Waals surface area contributed by atoms with Crippen LogP contribution in [-0.2, 0) is 6.54 Å². The summed E-state index contributed by atoms with van der Waals surface area (Å²) < 4.78 is 29.8. The van der Waals surface area contributed by atoms with Gasteiger partial charge in [0, 0.05) is 41.1 Å². The molecule has 8 nitrogen and oxygen atoms in total. The maximum absolute atomic E-state index is 16.1. The largest absolute Gasteiger partial charge is 0.335 e. The molecule has 0 spiro atoms. The van der Waals surface area contributed by atoms with Crippen molar-refractivity contribution in [2.75, 3.05) is 13.1 Å². The highest BCUT2D eigenvalue weighted by molar-refractivity contribution is 7.14. The van der Waals surface area contributed by atoms with Crippen LogP contribution in [0.5, 0.6) is 0 Å². The second-order valence-electron chi connectivity index (χ2n) is 9.45. The smallest absolute Gasteiger partial charge is 0.178 e. The van der Waals surface area contributed by atoms with Gasteiger partial charge in [-0.25, -0.2) is 14.4 Å². The molecule has 6 aromatic heterocycles. The van der Waals surface area contributed by atoms with Crippen LogP contribution in [0, 0.1) is 10.9 Å². The van der Waals surface area contributed by atoms with Crippen LogP contribution in [0.4, 0.5) is 8.78 Å². The third-order valence-corrected chi connectivity index (χ3v) is 7.83. The molecule has 1 aliphatic heterocycles. The Morgan fingerprint density at radius 2 is 1.87 bits per heavy atom. The number of fused-ring (bicyclic) bond motifs is 2. The van der Waals surface area contributed by atoms with Gasteiger partial charge in [0.15, 0.2) is 22.4 Å². The van der Waals surface area contributed by atoms with E-state index in [1.165, 1.54) is 25.3 Å². The number of H-pyrrole nitrogens is 2. The first-order valence-corrected chi connectivity index (χ1v) is 13.3. The summed E-state index contributed by atoms with van der Waals surface area (Å²) in [5.74, 6) is -0.145. The van der Waals surface area contributed by atoms with Gasteiger partial charge >= 0.3 is 0 Å². The molecule has 0 atom stereocenters. The van der Waals surface area contributed by atoms with E-state index in [-0.39, 0.29) is 16.2 Å². The van der Waals surface area contributed by atoms with Crippen molar-refractivity contribution in [1.29, 1.82) is 0 Å². The minimum atomic E-state index is -0.503. The summed E-state index contributed by atoms with van der Waals surface area (Å²) in [7, 11) is 0. The maximum Gasteiger partial charge on any atom is 0.178 e. The van der Waals surface area contributed by atoms with Gasteiger partial charge in [0.1, 0.15) is 11.4 Å². The summed E-state index contributed by atoms with van der Waals surface area (Å²) in [6.45, 7) is 2.91. The first-order valence-electron chi connectivity index (χ1n) is 12.4. The van der Waals surface area contributed by atoms with Crippen LogP contribution in [0.3, 0.4) is 0 Å². The van der Waals surface area contributed by atoms with Gasteiger partial charge in [-0.15, -0.1) is 11.3 Å². The molecule has 1 fully saturated rings. The second kappa shape index (κ2) is 9.34. The van der Waals surface area contributed by atoms with Gasteiger partial charge in [-0.2, -0.15) is 9.49 Å². The SMILES string of the molecule is Fc1ccc(-c2ccnc3nc(-c4n[nH]c5cnc(-c6cncc(CN7CCCCC7)c6)c(F)c45)[nH]c23)s1. The topological polar surface area (TPSA) is 99.3 Å². The molecule has 6 aromatic rings. The minimum Gasteiger partial charge on any atom is -0.335 e. The standard InChI is InChI=1S/C27H22F2N8S/c28-20-5-4-19(38-20)17-6-7-31-26-24(17)33-27(34-26)25-21-18(35-36-25)13-32-23(22(21)29)16-10-15(11-30-12-16)14-37-8-2-1-3-9-37/h4-7,10-13H,1-3,8-9,14H2,(H,35,36)(H,31,33,34). The van der Waals surface area contributed by atoms with Gasteiger partial charge in [-0.05, 0) is 55.8 Å². The third kappa shape index (κ3) is 4.04. The molecule has 0 unspecified atom stereocenters. The van der Waals surface area contributed by atoms with Crippen LogP contribution in [0.1, 0.15) is 24.8 Å². The maximum atomic E-state index is 16.1. The van der Waals surface area contributed by atoms with E-state index in [0.717, 1.165) is 47.0 Å². The molecule has 0 radical (unpaired) electrons. The molecular formula is C27H22F2N8S. The normalized spacial score (nSPS) is 14.6. The number of piperidine rings is 1. The van der Waals surface area contributed by atoms with Crippen molar-refractivity contribution in [3.8, 4) is 33.2 Å². The lowest BCUT2D eigenvalue weighted by Crippen LogP contribution is -2.29. The molecule has 7 rings (SSSR count). The van der Waals surface area contributed by atoms with Crippen molar-refractivity contribution in [3.63, 3.8) is 0 Å². The number of nitrogens with one attached hydrogen (secondary N) is 2. The van der Waals surface area contributed by atoms with Crippen LogP contribution in [-0.4, -0.2) is 53.1 Å². The summed E-state index contributed by atoms with van der Waals surface area (Å²) in [6, 6.07) is 6.89. The van der Waals surface area contributed by atoms with Crippen molar-refractivity contribution < 1.29 is 8.78 Å². The van der Waals surface area contributed by atoms with Crippen LogP contribution in [0.15, 0.2) is 49.1 Å². The molecule has 0 aliphatic carbocycles. The third-order valence-electron chi connectivity index (χ3n) is 6.92. The summed E-state index contributed by atoms with van der Waals surface area (Å²) in [5.41, 5.74) is 4.45. The van der Waals surface area contributed by atoms with E-state index in [0.29, 0.717) is 33.8 Å². The number of aromatic nitrogens is 7. The number of nitrogens with zero attached hydrogens (tertiary/aromatic N) is 6. The number of likely N-dealkylation sites (tertiary alicyclic amines) is 1. The predicted molar refractivity (Wildman–Crippen MR) is 142 cm³/mol. The zero-order chi connectivity index (χ0) is 25.6. The van der Waals surface area contributed by atoms with Crippen LogP contribution >= 0.6 is 11.3 Å².